The molecule has 0 bridgehead atoms. The van der Waals surface area contributed by atoms with E-state index in [1.165, 1.54) is 44.9 Å². The van der Waals surface area contributed by atoms with Crippen LogP contribution in [0.5, 0.6) is 0 Å². The van der Waals surface area contributed by atoms with Crippen LogP contribution in [0, 0.1) is 11.8 Å². The summed E-state index contributed by atoms with van der Waals surface area (Å²) in [6.07, 6.45) is 21.5. The largest absolute Gasteiger partial charge is 0.463 e. The number of carbonyl (C=O) groups is 2. The SMILES string of the molecule is CCCCC[C@H](O)/C=C/[C@H]1OC(O)C[C@H](O)[C@@H]1C/C=C\CCCC(=O)OC[C@H](O)COC(=O)CCCCCCCCCCCC(C)C. The molecule has 0 saturated carbocycles. The fraction of sp³-hybridized carbons (Fsp3) is 0.842. The van der Waals surface area contributed by atoms with Gasteiger partial charge in [-0.25, -0.2) is 0 Å². The van der Waals surface area contributed by atoms with Crippen molar-refractivity contribution >= 4 is 11.9 Å². The van der Waals surface area contributed by atoms with Crippen molar-refractivity contribution in [1.29, 1.82) is 0 Å². The number of aliphatic hydroxyl groups is 4. The molecule has 0 spiro atoms. The predicted octanol–water partition coefficient (Wildman–Crippen LogP) is 7.08. The number of esters is 2. The summed E-state index contributed by atoms with van der Waals surface area (Å²) in [7, 11) is 0. The average Bonchev–Trinajstić information content (AvgIpc) is 3.02. The Morgan fingerprint density at radius 3 is 1.98 bits per heavy atom. The molecule has 4 N–H and O–H groups in total. The first-order valence-electron chi connectivity index (χ1n) is 18.6. The second-order valence-corrected chi connectivity index (χ2v) is 13.7. The molecule has 0 amide bonds. The lowest BCUT2D eigenvalue weighted by Crippen LogP contribution is -2.43. The summed E-state index contributed by atoms with van der Waals surface area (Å²) in [4.78, 5) is 24.0. The molecule has 0 aliphatic carbocycles. The predicted molar refractivity (Wildman–Crippen MR) is 185 cm³/mol. The summed E-state index contributed by atoms with van der Waals surface area (Å²) < 4.78 is 15.9. The van der Waals surface area contributed by atoms with E-state index in [-0.39, 0.29) is 37.9 Å². The van der Waals surface area contributed by atoms with Gasteiger partial charge >= 0.3 is 11.9 Å². The quantitative estimate of drug-likeness (QED) is 0.0391. The van der Waals surface area contributed by atoms with E-state index in [0.717, 1.165) is 44.4 Å². The van der Waals surface area contributed by atoms with Crippen LogP contribution in [-0.4, -0.2) is 76.3 Å². The molecule has 0 radical (unpaired) electrons. The van der Waals surface area contributed by atoms with Gasteiger partial charge in [-0.3, -0.25) is 9.59 Å². The molecule has 0 aromatic heterocycles. The molecule has 0 aromatic rings. The summed E-state index contributed by atoms with van der Waals surface area (Å²) in [5, 5.41) is 40.7. The Hall–Kier alpha value is -1.78. The Bertz CT molecular complexity index is 843. The molecular weight excluding hydrogens is 600 g/mol. The van der Waals surface area contributed by atoms with Crippen molar-refractivity contribution in [3.05, 3.63) is 24.3 Å². The van der Waals surface area contributed by atoms with E-state index < -0.39 is 36.7 Å². The molecule has 47 heavy (non-hydrogen) atoms. The van der Waals surface area contributed by atoms with Crippen LogP contribution in [0.1, 0.15) is 149 Å². The van der Waals surface area contributed by atoms with Crippen molar-refractivity contribution in [2.24, 2.45) is 11.8 Å². The third-order valence-electron chi connectivity index (χ3n) is 8.66. The van der Waals surface area contributed by atoms with E-state index in [0.29, 0.717) is 32.1 Å². The third-order valence-corrected chi connectivity index (χ3v) is 8.66. The van der Waals surface area contributed by atoms with E-state index in [2.05, 4.69) is 20.8 Å². The number of unbranched alkanes of at least 4 members (excludes halogenated alkanes) is 11. The van der Waals surface area contributed by atoms with Gasteiger partial charge in [0.05, 0.1) is 18.3 Å². The summed E-state index contributed by atoms with van der Waals surface area (Å²) in [5.74, 6) is -0.212. The third kappa shape index (κ3) is 24.1. The van der Waals surface area contributed by atoms with Crippen LogP contribution in [0.3, 0.4) is 0 Å². The minimum absolute atomic E-state index is 0.137. The topological polar surface area (TPSA) is 143 Å². The highest BCUT2D eigenvalue weighted by Gasteiger charge is 2.35. The van der Waals surface area contributed by atoms with Crippen LogP contribution in [0.25, 0.3) is 0 Å². The van der Waals surface area contributed by atoms with Gasteiger partial charge in [0.2, 0.25) is 0 Å². The Morgan fingerprint density at radius 2 is 1.36 bits per heavy atom. The van der Waals surface area contributed by atoms with Crippen LogP contribution in [0.4, 0.5) is 0 Å². The molecule has 1 aliphatic heterocycles. The van der Waals surface area contributed by atoms with Crippen molar-refractivity contribution in [2.75, 3.05) is 13.2 Å². The Labute approximate surface area is 285 Å². The number of rotatable bonds is 28. The van der Waals surface area contributed by atoms with E-state index in [1.54, 1.807) is 12.2 Å². The summed E-state index contributed by atoms with van der Waals surface area (Å²) >= 11 is 0. The van der Waals surface area contributed by atoms with Crippen molar-refractivity contribution in [2.45, 2.75) is 180 Å². The lowest BCUT2D eigenvalue weighted by molar-refractivity contribution is -0.199. The van der Waals surface area contributed by atoms with Crippen LogP contribution < -0.4 is 0 Å². The molecule has 0 aromatic carbocycles. The summed E-state index contributed by atoms with van der Waals surface area (Å²) in [6.45, 7) is 6.26. The maximum absolute atomic E-state index is 12.1. The zero-order chi connectivity index (χ0) is 34.7. The number of allylic oxidation sites excluding steroid dienone is 2. The van der Waals surface area contributed by atoms with Gasteiger partial charge in [-0.15, -0.1) is 0 Å². The Kier molecular flexibility index (Phi) is 25.9. The number of ether oxygens (including phenoxy) is 3. The number of hydrogen-bond acceptors (Lipinski definition) is 9. The maximum Gasteiger partial charge on any atom is 0.305 e. The monoisotopic (exact) mass is 668 g/mol. The highest BCUT2D eigenvalue weighted by Crippen LogP contribution is 2.29. The van der Waals surface area contributed by atoms with E-state index in [1.807, 2.05) is 12.2 Å². The van der Waals surface area contributed by atoms with Crippen LogP contribution >= 0.6 is 0 Å². The second-order valence-electron chi connectivity index (χ2n) is 13.7. The molecule has 1 aliphatic rings. The molecule has 1 saturated heterocycles. The highest BCUT2D eigenvalue weighted by atomic mass is 16.6. The molecule has 1 rings (SSSR count). The lowest BCUT2D eigenvalue weighted by atomic mass is 9.87. The standard InChI is InChI=1S/C38H68O9/c1-4-5-15-21-31(39)25-26-35-33(34(41)27-38(44)47-35)22-17-13-14-19-24-37(43)46-29-32(40)28-45-36(42)23-18-12-10-8-6-7-9-11-16-20-30(2)3/h13,17,25-26,30-35,38-41,44H,4-12,14-16,18-24,27-29H2,1-3H3/b17-13-,26-25+/t31-,32+,33-,34-,35+,38?/m0/s1. The fourth-order valence-electron chi connectivity index (χ4n) is 5.72. The molecule has 9 nitrogen and oxygen atoms in total. The normalized spacial score (nSPS) is 21.4. The Balaban J connectivity index is 2.12. The van der Waals surface area contributed by atoms with E-state index >= 15 is 0 Å². The van der Waals surface area contributed by atoms with Gasteiger partial charge < -0.3 is 34.6 Å². The smallest absolute Gasteiger partial charge is 0.305 e. The van der Waals surface area contributed by atoms with Crippen molar-refractivity contribution < 1.29 is 44.2 Å². The Morgan fingerprint density at radius 1 is 0.787 bits per heavy atom. The van der Waals surface area contributed by atoms with Crippen LogP contribution in [-0.2, 0) is 23.8 Å². The summed E-state index contributed by atoms with van der Waals surface area (Å²) in [6, 6.07) is 0. The summed E-state index contributed by atoms with van der Waals surface area (Å²) in [5.41, 5.74) is 0. The maximum atomic E-state index is 12.1. The van der Waals surface area contributed by atoms with Crippen LogP contribution in [0.2, 0.25) is 0 Å². The molecule has 1 unspecified atom stereocenters. The van der Waals surface area contributed by atoms with Gasteiger partial charge in [0.25, 0.3) is 0 Å². The molecule has 274 valence electrons. The zero-order valence-electron chi connectivity index (χ0n) is 29.7. The second kappa shape index (κ2) is 28.1. The van der Waals surface area contributed by atoms with Crippen molar-refractivity contribution in [3.8, 4) is 0 Å². The number of hydrogen-bond donors (Lipinski definition) is 4. The van der Waals surface area contributed by atoms with Crippen molar-refractivity contribution in [1.82, 2.24) is 0 Å². The zero-order valence-corrected chi connectivity index (χ0v) is 29.7. The first-order chi connectivity index (χ1) is 22.6. The van der Waals surface area contributed by atoms with Gasteiger partial charge in [-0.05, 0) is 38.0 Å². The van der Waals surface area contributed by atoms with Crippen molar-refractivity contribution in [3.63, 3.8) is 0 Å². The molecular formula is C38H68O9. The fourth-order valence-corrected chi connectivity index (χ4v) is 5.72. The average molecular weight is 669 g/mol. The minimum Gasteiger partial charge on any atom is -0.463 e. The van der Waals surface area contributed by atoms with Gasteiger partial charge in [0.15, 0.2) is 6.29 Å². The van der Waals surface area contributed by atoms with E-state index in [4.69, 9.17) is 14.2 Å². The molecule has 9 heteroatoms. The van der Waals surface area contributed by atoms with Gasteiger partial charge in [-0.1, -0.05) is 122 Å². The van der Waals surface area contributed by atoms with Gasteiger partial charge in [-0.2, -0.15) is 0 Å². The minimum atomic E-state index is -1.05. The first kappa shape index (κ1) is 43.2. The van der Waals surface area contributed by atoms with Gasteiger partial charge in [0, 0.05) is 25.2 Å². The van der Waals surface area contributed by atoms with Gasteiger partial charge in [0.1, 0.15) is 19.3 Å². The molecule has 1 fully saturated rings. The van der Waals surface area contributed by atoms with Crippen LogP contribution in [0.15, 0.2) is 24.3 Å². The lowest BCUT2D eigenvalue weighted by Gasteiger charge is -2.36. The first-order valence-corrected chi connectivity index (χ1v) is 18.6. The number of carbonyl (C=O) groups excluding carboxylic acids is 2. The molecule has 1 heterocycles. The molecule has 6 atom stereocenters. The highest BCUT2D eigenvalue weighted by molar-refractivity contribution is 5.69. The number of aliphatic hydroxyl groups excluding tert-OH is 4. The van der Waals surface area contributed by atoms with E-state index in [9.17, 15) is 30.0 Å².